The molecule has 0 aliphatic carbocycles. The molecule has 0 bridgehead atoms. The van der Waals surface area contributed by atoms with Gasteiger partial charge >= 0.3 is 0 Å². The van der Waals surface area contributed by atoms with E-state index < -0.39 is 0 Å². The van der Waals surface area contributed by atoms with Crippen LogP contribution in [-0.4, -0.2) is 15.8 Å². The molecule has 0 amide bonds. The summed E-state index contributed by atoms with van der Waals surface area (Å²) in [4.78, 5) is 14.4. The standard InChI is InChI=1S/C10H16N2O/c1-2-7-12-8-6-11-10(12)5-3-4-9-13/h6,8-9H,2-5,7H2,1H3. The molecule has 13 heavy (non-hydrogen) atoms. The van der Waals surface area contributed by atoms with Gasteiger partial charge < -0.3 is 9.36 Å². The van der Waals surface area contributed by atoms with Crippen molar-refractivity contribution in [2.45, 2.75) is 39.2 Å². The fraction of sp³-hybridized carbons (Fsp3) is 0.600. The molecule has 1 aromatic heterocycles. The molecule has 0 radical (unpaired) electrons. The normalized spacial score (nSPS) is 10.2. The lowest BCUT2D eigenvalue weighted by atomic mass is 10.2. The lowest BCUT2D eigenvalue weighted by Gasteiger charge is -2.04. The second kappa shape index (κ2) is 5.51. The molecule has 0 saturated carbocycles. The summed E-state index contributed by atoms with van der Waals surface area (Å²) in [6.45, 7) is 3.17. The molecular weight excluding hydrogens is 164 g/mol. The van der Waals surface area contributed by atoms with E-state index in [0.29, 0.717) is 6.42 Å². The van der Waals surface area contributed by atoms with Crippen molar-refractivity contribution < 1.29 is 4.79 Å². The van der Waals surface area contributed by atoms with E-state index in [4.69, 9.17) is 0 Å². The van der Waals surface area contributed by atoms with Crippen molar-refractivity contribution in [3.63, 3.8) is 0 Å². The van der Waals surface area contributed by atoms with E-state index in [0.717, 1.165) is 37.9 Å². The van der Waals surface area contributed by atoms with Crippen molar-refractivity contribution in [2.24, 2.45) is 0 Å². The number of imidazole rings is 1. The quantitative estimate of drug-likeness (QED) is 0.494. The van der Waals surface area contributed by atoms with Gasteiger partial charge in [0, 0.05) is 31.8 Å². The van der Waals surface area contributed by atoms with Crippen LogP contribution in [0.1, 0.15) is 32.0 Å². The third-order valence-electron chi connectivity index (χ3n) is 1.99. The highest BCUT2D eigenvalue weighted by Crippen LogP contribution is 2.03. The molecule has 0 N–H and O–H groups in total. The fourth-order valence-corrected chi connectivity index (χ4v) is 1.36. The van der Waals surface area contributed by atoms with Crippen LogP contribution in [0.15, 0.2) is 12.4 Å². The molecule has 3 nitrogen and oxygen atoms in total. The van der Waals surface area contributed by atoms with Gasteiger partial charge in [-0.2, -0.15) is 0 Å². The lowest BCUT2D eigenvalue weighted by molar-refractivity contribution is -0.107. The summed E-state index contributed by atoms with van der Waals surface area (Å²) in [5.41, 5.74) is 0. The molecule has 0 spiro atoms. The molecule has 0 fully saturated rings. The maximum absolute atomic E-state index is 10.1. The highest BCUT2D eigenvalue weighted by Gasteiger charge is 2.00. The number of unbranched alkanes of at least 4 members (excludes halogenated alkanes) is 1. The van der Waals surface area contributed by atoms with E-state index in [1.54, 1.807) is 0 Å². The Balaban J connectivity index is 2.44. The van der Waals surface area contributed by atoms with Gasteiger partial charge in [-0.15, -0.1) is 0 Å². The average Bonchev–Trinajstić information content (AvgIpc) is 2.54. The molecule has 0 aliphatic heterocycles. The van der Waals surface area contributed by atoms with Crippen LogP contribution in [-0.2, 0) is 17.8 Å². The SMILES string of the molecule is CCCn1ccnc1CCCC=O. The molecule has 0 unspecified atom stereocenters. The van der Waals surface area contributed by atoms with Crippen molar-refractivity contribution in [2.75, 3.05) is 0 Å². The van der Waals surface area contributed by atoms with Crippen molar-refractivity contribution in [1.29, 1.82) is 0 Å². The van der Waals surface area contributed by atoms with Crippen LogP contribution in [0.5, 0.6) is 0 Å². The Bertz CT molecular complexity index is 255. The van der Waals surface area contributed by atoms with Gasteiger partial charge in [-0.1, -0.05) is 6.92 Å². The molecule has 0 aromatic carbocycles. The monoisotopic (exact) mass is 180 g/mol. The van der Waals surface area contributed by atoms with E-state index >= 15 is 0 Å². The highest BCUT2D eigenvalue weighted by molar-refractivity contribution is 5.49. The Labute approximate surface area is 78.8 Å². The smallest absolute Gasteiger partial charge is 0.120 e. The van der Waals surface area contributed by atoms with E-state index in [-0.39, 0.29) is 0 Å². The van der Waals surface area contributed by atoms with E-state index in [2.05, 4.69) is 16.5 Å². The van der Waals surface area contributed by atoms with Crippen LogP contribution in [0.2, 0.25) is 0 Å². The first-order valence-corrected chi connectivity index (χ1v) is 4.82. The molecule has 72 valence electrons. The number of nitrogens with zero attached hydrogens (tertiary/aromatic N) is 2. The maximum Gasteiger partial charge on any atom is 0.120 e. The molecule has 3 heteroatoms. The Morgan fingerprint density at radius 3 is 3.15 bits per heavy atom. The molecule has 1 rings (SSSR count). The first kappa shape index (κ1) is 9.96. The summed E-state index contributed by atoms with van der Waals surface area (Å²) in [7, 11) is 0. The van der Waals surface area contributed by atoms with Gasteiger partial charge in [0.25, 0.3) is 0 Å². The first-order chi connectivity index (χ1) is 6.38. The molecule has 1 heterocycles. The predicted octanol–water partition coefficient (Wildman–Crippen LogP) is 1.81. The van der Waals surface area contributed by atoms with Gasteiger partial charge in [-0.25, -0.2) is 4.98 Å². The van der Waals surface area contributed by atoms with Crippen LogP contribution in [0.4, 0.5) is 0 Å². The lowest BCUT2D eigenvalue weighted by Crippen LogP contribution is -2.02. The zero-order chi connectivity index (χ0) is 9.52. The average molecular weight is 180 g/mol. The number of rotatable bonds is 6. The van der Waals surface area contributed by atoms with Crippen LogP contribution in [0, 0.1) is 0 Å². The Kier molecular flexibility index (Phi) is 4.23. The summed E-state index contributed by atoms with van der Waals surface area (Å²) in [5, 5.41) is 0. The molecule has 0 saturated heterocycles. The van der Waals surface area contributed by atoms with Crippen LogP contribution in [0.25, 0.3) is 0 Å². The molecule has 1 aromatic rings. The van der Waals surface area contributed by atoms with Crippen molar-refractivity contribution in [1.82, 2.24) is 9.55 Å². The summed E-state index contributed by atoms with van der Waals surface area (Å²) >= 11 is 0. The maximum atomic E-state index is 10.1. The number of aryl methyl sites for hydroxylation is 2. The zero-order valence-electron chi connectivity index (χ0n) is 8.07. The predicted molar refractivity (Wildman–Crippen MR) is 51.5 cm³/mol. The highest BCUT2D eigenvalue weighted by atomic mass is 16.1. The number of aromatic nitrogens is 2. The first-order valence-electron chi connectivity index (χ1n) is 4.82. The number of hydrogen-bond acceptors (Lipinski definition) is 2. The second-order valence-corrected chi connectivity index (χ2v) is 3.10. The van der Waals surface area contributed by atoms with E-state index in [1.165, 1.54) is 0 Å². The number of aldehydes is 1. The molecular formula is C10H16N2O. The van der Waals surface area contributed by atoms with Crippen LogP contribution < -0.4 is 0 Å². The van der Waals surface area contributed by atoms with E-state index in [1.807, 2.05) is 12.4 Å². The minimum atomic E-state index is 0.638. The minimum Gasteiger partial charge on any atom is -0.335 e. The zero-order valence-corrected chi connectivity index (χ0v) is 8.07. The Hall–Kier alpha value is -1.12. The van der Waals surface area contributed by atoms with Crippen LogP contribution >= 0.6 is 0 Å². The fourth-order valence-electron chi connectivity index (χ4n) is 1.36. The molecule has 0 atom stereocenters. The van der Waals surface area contributed by atoms with Gasteiger partial charge in [0.2, 0.25) is 0 Å². The van der Waals surface area contributed by atoms with Crippen LogP contribution in [0.3, 0.4) is 0 Å². The number of carbonyl (C=O) groups excluding carboxylic acids is 1. The summed E-state index contributed by atoms with van der Waals surface area (Å²) in [5.74, 6) is 1.10. The number of hydrogen-bond donors (Lipinski definition) is 0. The molecule has 0 aliphatic rings. The topological polar surface area (TPSA) is 34.9 Å². The van der Waals surface area contributed by atoms with Gasteiger partial charge in [0.05, 0.1) is 0 Å². The van der Waals surface area contributed by atoms with Crippen molar-refractivity contribution in [3.8, 4) is 0 Å². The second-order valence-electron chi connectivity index (χ2n) is 3.10. The van der Waals surface area contributed by atoms with Gasteiger partial charge in [-0.3, -0.25) is 0 Å². The van der Waals surface area contributed by atoms with Gasteiger partial charge in [0.1, 0.15) is 12.1 Å². The van der Waals surface area contributed by atoms with Crippen molar-refractivity contribution in [3.05, 3.63) is 18.2 Å². The Morgan fingerprint density at radius 2 is 2.46 bits per heavy atom. The van der Waals surface area contributed by atoms with E-state index in [9.17, 15) is 4.79 Å². The largest absolute Gasteiger partial charge is 0.335 e. The van der Waals surface area contributed by atoms with Gasteiger partial charge in [-0.05, 0) is 12.8 Å². The van der Waals surface area contributed by atoms with Crippen molar-refractivity contribution >= 4 is 6.29 Å². The summed E-state index contributed by atoms with van der Waals surface area (Å²) in [6, 6.07) is 0. The number of carbonyl (C=O) groups is 1. The minimum absolute atomic E-state index is 0.638. The Morgan fingerprint density at radius 1 is 1.62 bits per heavy atom. The summed E-state index contributed by atoms with van der Waals surface area (Å²) in [6.07, 6.45) is 8.37. The summed E-state index contributed by atoms with van der Waals surface area (Å²) < 4.78 is 2.16. The third kappa shape index (κ3) is 3.01. The van der Waals surface area contributed by atoms with Gasteiger partial charge in [0.15, 0.2) is 0 Å². The third-order valence-corrected chi connectivity index (χ3v) is 1.99.